The number of carbonyl (C=O) groups is 1. The quantitative estimate of drug-likeness (QED) is 0.330. The molecule has 5 nitrogen and oxygen atoms in total. The van der Waals surface area contributed by atoms with Gasteiger partial charge in [-0.25, -0.2) is 9.97 Å². The Morgan fingerprint density at radius 1 is 0.727 bits per heavy atom. The zero-order valence-electron chi connectivity index (χ0n) is 18.1. The molecule has 5 rings (SSSR count). The van der Waals surface area contributed by atoms with Crippen molar-refractivity contribution in [2.45, 2.75) is 6.92 Å². The highest BCUT2D eigenvalue weighted by atomic mass is 16.1. The number of benzene rings is 4. The molecule has 2 N–H and O–H groups in total. The minimum atomic E-state index is -0.149. The minimum Gasteiger partial charge on any atom is -0.324 e. The third-order valence-electron chi connectivity index (χ3n) is 5.45. The fourth-order valence-corrected chi connectivity index (χ4v) is 3.69. The van der Waals surface area contributed by atoms with Crippen LogP contribution in [-0.2, 0) is 0 Å². The van der Waals surface area contributed by atoms with Crippen molar-refractivity contribution < 1.29 is 4.79 Å². The topological polar surface area (TPSA) is 66.9 Å². The van der Waals surface area contributed by atoms with Crippen molar-refractivity contribution in [3.05, 3.63) is 114 Å². The van der Waals surface area contributed by atoms with Gasteiger partial charge in [0.05, 0.1) is 11.2 Å². The van der Waals surface area contributed by atoms with E-state index in [1.54, 1.807) is 12.1 Å². The van der Waals surface area contributed by atoms with Gasteiger partial charge in [0.15, 0.2) is 0 Å². The lowest BCUT2D eigenvalue weighted by Crippen LogP contribution is -2.12. The predicted octanol–water partition coefficient (Wildman–Crippen LogP) is 6.60. The highest BCUT2D eigenvalue weighted by Gasteiger charge is 2.11. The van der Waals surface area contributed by atoms with Crippen LogP contribution in [0.4, 0.5) is 17.3 Å². The summed E-state index contributed by atoms with van der Waals surface area (Å²) in [5.41, 5.74) is 5.97. The molecular weight excluding hydrogens is 408 g/mol. The molecule has 160 valence electrons. The number of aromatic nitrogens is 2. The summed E-state index contributed by atoms with van der Waals surface area (Å²) >= 11 is 0. The van der Waals surface area contributed by atoms with Crippen LogP contribution in [0.2, 0.25) is 0 Å². The van der Waals surface area contributed by atoms with E-state index in [0.717, 1.165) is 39.1 Å². The average molecular weight is 431 g/mol. The van der Waals surface area contributed by atoms with Gasteiger partial charge in [-0.05, 0) is 48.9 Å². The summed E-state index contributed by atoms with van der Waals surface area (Å²) in [6, 6.07) is 33.0. The number of anilines is 3. The van der Waals surface area contributed by atoms with Gasteiger partial charge < -0.3 is 10.6 Å². The van der Waals surface area contributed by atoms with E-state index in [2.05, 4.69) is 15.6 Å². The number of para-hydroxylation sites is 2. The van der Waals surface area contributed by atoms with Crippen molar-refractivity contribution in [1.82, 2.24) is 9.97 Å². The van der Waals surface area contributed by atoms with Crippen LogP contribution < -0.4 is 10.6 Å². The molecule has 0 radical (unpaired) electrons. The lowest BCUT2D eigenvalue weighted by Gasteiger charge is -2.11. The van der Waals surface area contributed by atoms with Gasteiger partial charge >= 0.3 is 0 Å². The number of hydrogen-bond donors (Lipinski definition) is 2. The van der Waals surface area contributed by atoms with Crippen LogP contribution in [0.5, 0.6) is 0 Å². The first kappa shape index (κ1) is 20.4. The first-order valence-corrected chi connectivity index (χ1v) is 10.7. The molecule has 5 heteroatoms. The maximum Gasteiger partial charge on any atom is 0.255 e. The Morgan fingerprint density at radius 3 is 2.21 bits per heavy atom. The van der Waals surface area contributed by atoms with E-state index in [1.165, 1.54) is 0 Å². The van der Waals surface area contributed by atoms with Crippen LogP contribution in [0.15, 0.2) is 103 Å². The summed E-state index contributed by atoms with van der Waals surface area (Å²) in [4.78, 5) is 22.1. The van der Waals surface area contributed by atoms with E-state index >= 15 is 0 Å². The number of rotatable bonds is 5. The van der Waals surface area contributed by atoms with Crippen molar-refractivity contribution in [3.63, 3.8) is 0 Å². The van der Waals surface area contributed by atoms with E-state index in [9.17, 15) is 4.79 Å². The molecule has 0 fully saturated rings. The van der Waals surface area contributed by atoms with E-state index in [0.29, 0.717) is 11.5 Å². The number of nitrogens with one attached hydrogen (secondary N) is 2. The lowest BCUT2D eigenvalue weighted by atomic mass is 10.1. The van der Waals surface area contributed by atoms with Crippen LogP contribution in [-0.4, -0.2) is 15.9 Å². The minimum absolute atomic E-state index is 0.149. The molecule has 4 aromatic carbocycles. The van der Waals surface area contributed by atoms with Crippen LogP contribution in [0.1, 0.15) is 15.9 Å². The van der Waals surface area contributed by atoms with Gasteiger partial charge in [-0.15, -0.1) is 0 Å². The molecule has 0 saturated heterocycles. The summed E-state index contributed by atoms with van der Waals surface area (Å²) in [7, 11) is 0. The Kier molecular flexibility index (Phi) is 5.52. The molecule has 0 saturated carbocycles. The van der Waals surface area contributed by atoms with E-state index in [-0.39, 0.29) is 5.91 Å². The second-order valence-corrected chi connectivity index (χ2v) is 7.75. The number of amides is 1. The second kappa shape index (κ2) is 8.93. The van der Waals surface area contributed by atoms with Crippen LogP contribution in [0.3, 0.4) is 0 Å². The molecule has 33 heavy (non-hydrogen) atoms. The number of hydrogen-bond acceptors (Lipinski definition) is 4. The summed E-state index contributed by atoms with van der Waals surface area (Å²) in [5.74, 6) is 0.355. The van der Waals surface area contributed by atoms with Gasteiger partial charge in [-0.1, -0.05) is 66.7 Å². The molecule has 1 aromatic heterocycles. The molecule has 0 aliphatic heterocycles. The maximum atomic E-state index is 12.6. The zero-order chi connectivity index (χ0) is 22.6. The monoisotopic (exact) mass is 430 g/mol. The van der Waals surface area contributed by atoms with Crippen molar-refractivity contribution >= 4 is 34.1 Å². The summed E-state index contributed by atoms with van der Waals surface area (Å²) in [5, 5.41) is 7.23. The van der Waals surface area contributed by atoms with Gasteiger partial charge in [0.25, 0.3) is 5.91 Å². The molecule has 1 heterocycles. The van der Waals surface area contributed by atoms with Crippen LogP contribution in [0, 0.1) is 6.92 Å². The standard InChI is InChI=1S/C28H22N4O/c1-19-9-5-7-13-24(19)30-27(33)21-15-17-22(18-16-21)29-28-31-25-14-8-6-12-23(25)26(32-28)20-10-3-2-4-11-20/h2-18H,1H3,(H,30,33)(H,29,31,32). The van der Waals surface area contributed by atoms with Gasteiger partial charge in [0.1, 0.15) is 0 Å². The smallest absolute Gasteiger partial charge is 0.255 e. The SMILES string of the molecule is Cc1ccccc1NC(=O)c1ccc(Nc2nc(-c3ccccc3)c3ccccc3n2)cc1. The van der Waals surface area contributed by atoms with E-state index < -0.39 is 0 Å². The number of nitrogens with zero attached hydrogens (tertiary/aromatic N) is 2. The highest BCUT2D eigenvalue weighted by Crippen LogP contribution is 2.28. The molecule has 0 unspecified atom stereocenters. The second-order valence-electron chi connectivity index (χ2n) is 7.75. The Labute approximate surface area is 192 Å². The molecule has 0 aliphatic rings. The molecule has 0 atom stereocenters. The normalized spacial score (nSPS) is 10.7. The third kappa shape index (κ3) is 4.43. The van der Waals surface area contributed by atoms with Gasteiger partial charge in [-0.3, -0.25) is 4.79 Å². The zero-order valence-corrected chi connectivity index (χ0v) is 18.1. The Bertz CT molecular complexity index is 1430. The number of aryl methyl sites for hydroxylation is 1. The van der Waals surface area contributed by atoms with Crippen LogP contribution in [0.25, 0.3) is 22.2 Å². The van der Waals surface area contributed by atoms with Gasteiger partial charge in [-0.2, -0.15) is 0 Å². The lowest BCUT2D eigenvalue weighted by molar-refractivity contribution is 0.102. The Hall–Kier alpha value is -4.51. The fourth-order valence-electron chi connectivity index (χ4n) is 3.69. The van der Waals surface area contributed by atoms with Crippen molar-refractivity contribution in [2.75, 3.05) is 10.6 Å². The van der Waals surface area contributed by atoms with Crippen molar-refractivity contribution in [3.8, 4) is 11.3 Å². The predicted molar refractivity (Wildman–Crippen MR) is 134 cm³/mol. The summed E-state index contributed by atoms with van der Waals surface area (Å²) in [6.07, 6.45) is 0. The van der Waals surface area contributed by atoms with Gasteiger partial charge in [0, 0.05) is 27.9 Å². The summed E-state index contributed by atoms with van der Waals surface area (Å²) in [6.45, 7) is 1.97. The fraction of sp³-hybridized carbons (Fsp3) is 0.0357. The Balaban J connectivity index is 1.40. The molecule has 0 bridgehead atoms. The molecular formula is C28H22N4O. The first-order valence-electron chi connectivity index (χ1n) is 10.7. The van der Waals surface area contributed by atoms with Gasteiger partial charge in [0.2, 0.25) is 5.95 Å². The molecule has 0 aliphatic carbocycles. The average Bonchev–Trinajstić information content (AvgIpc) is 2.86. The van der Waals surface area contributed by atoms with E-state index in [4.69, 9.17) is 4.98 Å². The highest BCUT2D eigenvalue weighted by molar-refractivity contribution is 6.04. The van der Waals surface area contributed by atoms with E-state index in [1.807, 2.05) is 97.9 Å². The number of carbonyl (C=O) groups excluding carboxylic acids is 1. The molecule has 5 aromatic rings. The van der Waals surface area contributed by atoms with Crippen LogP contribution >= 0.6 is 0 Å². The first-order chi connectivity index (χ1) is 16.2. The maximum absolute atomic E-state index is 12.6. The summed E-state index contributed by atoms with van der Waals surface area (Å²) < 4.78 is 0. The van der Waals surface area contributed by atoms with Crippen molar-refractivity contribution in [1.29, 1.82) is 0 Å². The third-order valence-corrected chi connectivity index (χ3v) is 5.45. The largest absolute Gasteiger partial charge is 0.324 e. The molecule has 0 spiro atoms. The molecule has 1 amide bonds. The Morgan fingerprint density at radius 2 is 1.42 bits per heavy atom. The van der Waals surface area contributed by atoms with Crippen molar-refractivity contribution in [2.24, 2.45) is 0 Å². The number of fused-ring (bicyclic) bond motifs is 1.